The molecular weight excluding hydrogens is 224 g/mol. The van der Waals surface area contributed by atoms with Crippen molar-refractivity contribution in [1.29, 1.82) is 5.26 Å². The van der Waals surface area contributed by atoms with Gasteiger partial charge in [0.2, 0.25) is 5.91 Å². The SMILES string of the molecule is CC1CC(C#N)(C(=O)NC2CCC(C)(C)CC2)C1. The molecule has 1 N–H and O–H groups in total. The van der Waals surface area contributed by atoms with Crippen LogP contribution in [0.3, 0.4) is 0 Å². The van der Waals surface area contributed by atoms with E-state index in [0.29, 0.717) is 11.3 Å². The maximum atomic E-state index is 12.2. The second-order valence-corrected chi connectivity index (χ2v) is 7.12. The summed E-state index contributed by atoms with van der Waals surface area (Å²) in [7, 11) is 0. The second kappa shape index (κ2) is 4.57. The van der Waals surface area contributed by atoms with Crippen molar-refractivity contribution >= 4 is 5.91 Å². The minimum Gasteiger partial charge on any atom is -0.352 e. The van der Waals surface area contributed by atoms with Crippen molar-refractivity contribution < 1.29 is 4.79 Å². The fraction of sp³-hybridized carbons (Fsp3) is 0.867. The summed E-state index contributed by atoms with van der Waals surface area (Å²) in [6.07, 6.45) is 5.88. The number of hydrogen-bond acceptors (Lipinski definition) is 2. The minimum atomic E-state index is -0.716. The summed E-state index contributed by atoms with van der Waals surface area (Å²) in [6.45, 7) is 6.68. The first-order chi connectivity index (χ1) is 8.37. The smallest absolute Gasteiger partial charge is 0.240 e. The molecule has 0 saturated heterocycles. The van der Waals surface area contributed by atoms with Crippen molar-refractivity contribution in [3.05, 3.63) is 0 Å². The number of nitrogens with zero attached hydrogens (tertiary/aromatic N) is 1. The van der Waals surface area contributed by atoms with Gasteiger partial charge in [-0.25, -0.2) is 0 Å². The number of hydrogen-bond donors (Lipinski definition) is 1. The van der Waals surface area contributed by atoms with Crippen LogP contribution in [-0.2, 0) is 4.79 Å². The molecular formula is C15H24N2O. The minimum absolute atomic E-state index is 0.0205. The van der Waals surface area contributed by atoms with Gasteiger partial charge in [-0.1, -0.05) is 20.8 Å². The Hall–Kier alpha value is -1.04. The van der Waals surface area contributed by atoms with Crippen LogP contribution in [0.1, 0.15) is 59.3 Å². The second-order valence-electron chi connectivity index (χ2n) is 7.12. The summed E-state index contributed by atoms with van der Waals surface area (Å²) in [5.74, 6) is 0.494. The van der Waals surface area contributed by atoms with Crippen LogP contribution in [0.4, 0.5) is 0 Å². The average Bonchev–Trinajstić information content (AvgIpc) is 2.27. The van der Waals surface area contributed by atoms with E-state index in [4.69, 9.17) is 0 Å². The molecule has 0 bridgehead atoms. The predicted octanol–water partition coefficient (Wildman–Crippen LogP) is 3.01. The van der Waals surface area contributed by atoms with E-state index in [2.05, 4.69) is 32.2 Å². The molecule has 1 amide bonds. The number of rotatable bonds is 2. The van der Waals surface area contributed by atoms with Crippen molar-refractivity contribution in [2.45, 2.75) is 65.3 Å². The lowest BCUT2D eigenvalue weighted by atomic mass is 9.63. The molecule has 2 rings (SSSR count). The molecule has 18 heavy (non-hydrogen) atoms. The monoisotopic (exact) mass is 248 g/mol. The van der Waals surface area contributed by atoms with Gasteiger partial charge < -0.3 is 5.32 Å². The lowest BCUT2D eigenvalue weighted by Crippen LogP contribution is -2.51. The van der Waals surface area contributed by atoms with Gasteiger partial charge in [0.1, 0.15) is 5.41 Å². The summed E-state index contributed by atoms with van der Waals surface area (Å²) in [5, 5.41) is 12.3. The third kappa shape index (κ3) is 2.53. The van der Waals surface area contributed by atoms with Gasteiger partial charge in [0.15, 0.2) is 0 Å². The largest absolute Gasteiger partial charge is 0.352 e. The van der Waals surface area contributed by atoms with Crippen molar-refractivity contribution in [1.82, 2.24) is 5.32 Å². The molecule has 0 heterocycles. The quantitative estimate of drug-likeness (QED) is 0.816. The van der Waals surface area contributed by atoms with E-state index in [0.717, 1.165) is 38.5 Å². The normalized spacial score (nSPS) is 35.3. The highest BCUT2D eigenvalue weighted by Crippen LogP contribution is 2.45. The average molecular weight is 248 g/mol. The summed E-state index contributed by atoms with van der Waals surface area (Å²) < 4.78 is 0. The Labute approximate surface area is 110 Å². The molecule has 0 aromatic heterocycles. The summed E-state index contributed by atoms with van der Waals surface area (Å²) in [5.41, 5.74) is -0.300. The van der Waals surface area contributed by atoms with Crippen LogP contribution in [0.5, 0.6) is 0 Å². The zero-order valence-corrected chi connectivity index (χ0v) is 11.8. The molecule has 3 heteroatoms. The van der Waals surface area contributed by atoms with Crippen LogP contribution in [0.25, 0.3) is 0 Å². The Kier molecular flexibility index (Phi) is 3.40. The molecule has 0 atom stereocenters. The zero-order chi connectivity index (χ0) is 13.4. The van der Waals surface area contributed by atoms with E-state index in [9.17, 15) is 10.1 Å². The van der Waals surface area contributed by atoms with E-state index in [1.165, 1.54) is 0 Å². The first kappa shape index (κ1) is 13.4. The lowest BCUT2D eigenvalue weighted by Gasteiger charge is -2.41. The summed E-state index contributed by atoms with van der Waals surface area (Å²) >= 11 is 0. The number of carbonyl (C=O) groups is 1. The molecule has 2 aliphatic rings. The van der Waals surface area contributed by atoms with Gasteiger partial charge in [-0.3, -0.25) is 4.79 Å². The van der Waals surface area contributed by atoms with Crippen LogP contribution in [-0.4, -0.2) is 11.9 Å². The molecule has 2 saturated carbocycles. The predicted molar refractivity (Wildman–Crippen MR) is 70.6 cm³/mol. The van der Waals surface area contributed by atoms with Crippen molar-refractivity contribution in [2.24, 2.45) is 16.7 Å². The van der Waals surface area contributed by atoms with Crippen LogP contribution in [0.2, 0.25) is 0 Å². The first-order valence-electron chi connectivity index (χ1n) is 7.09. The van der Waals surface area contributed by atoms with Crippen molar-refractivity contribution in [3.8, 4) is 6.07 Å². The number of carbonyl (C=O) groups excluding carboxylic acids is 1. The molecule has 0 radical (unpaired) electrons. The van der Waals surface area contributed by atoms with Crippen LogP contribution >= 0.6 is 0 Å². The van der Waals surface area contributed by atoms with Gasteiger partial charge >= 0.3 is 0 Å². The van der Waals surface area contributed by atoms with Crippen LogP contribution in [0.15, 0.2) is 0 Å². The first-order valence-corrected chi connectivity index (χ1v) is 7.09. The molecule has 0 aromatic carbocycles. The van der Waals surface area contributed by atoms with E-state index in [1.54, 1.807) is 0 Å². The van der Waals surface area contributed by atoms with Gasteiger partial charge in [0.25, 0.3) is 0 Å². The Balaban J connectivity index is 1.87. The van der Waals surface area contributed by atoms with Gasteiger partial charge in [-0.05, 0) is 49.9 Å². The maximum absolute atomic E-state index is 12.2. The summed E-state index contributed by atoms with van der Waals surface area (Å²) in [4.78, 5) is 12.2. The zero-order valence-electron chi connectivity index (χ0n) is 11.8. The Morgan fingerprint density at radius 3 is 2.28 bits per heavy atom. The molecule has 0 aromatic rings. The van der Waals surface area contributed by atoms with Gasteiger partial charge in [-0.2, -0.15) is 5.26 Å². The molecule has 100 valence electrons. The third-order valence-corrected chi connectivity index (χ3v) is 4.72. The van der Waals surface area contributed by atoms with E-state index in [1.807, 2.05) is 0 Å². The van der Waals surface area contributed by atoms with Gasteiger partial charge in [0, 0.05) is 6.04 Å². The molecule has 0 aliphatic heterocycles. The Bertz CT molecular complexity index is 364. The third-order valence-electron chi connectivity index (χ3n) is 4.72. The fourth-order valence-electron chi connectivity index (χ4n) is 3.32. The van der Waals surface area contributed by atoms with Gasteiger partial charge in [0.05, 0.1) is 6.07 Å². The van der Waals surface area contributed by atoms with E-state index in [-0.39, 0.29) is 11.9 Å². The topological polar surface area (TPSA) is 52.9 Å². The maximum Gasteiger partial charge on any atom is 0.240 e. The van der Waals surface area contributed by atoms with Crippen LogP contribution < -0.4 is 5.32 Å². The number of nitrogens with one attached hydrogen (secondary N) is 1. The van der Waals surface area contributed by atoms with Crippen molar-refractivity contribution in [2.75, 3.05) is 0 Å². The number of nitriles is 1. The number of amides is 1. The fourth-order valence-corrected chi connectivity index (χ4v) is 3.32. The van der Waals surface area contributed by atoms with E-state index < -0.39 is 5.41 Å². The van der Waals surface area contributed by atoms with Crippen LogP contribution in [0, 0.1) is 28.1 Å². The Morgan fingerprint density at radius 2 is 1.83 bits per heavy atom. The molecule has 2 fully saturated rings. The summed E-state index contributed by atoms with van der Waals surface area (Å²) in [6, 6.07) is 2.52. The van der Waals surface area contributed by atoms with Crippen molar-refractivity contribution in [3.63, 3.8) is 0 Å². The van der Waals surface area contributed by atoms with E-state index >= 15 is 0 Å². The highest BCUT2D eigenvalue weighted by atomic mass is 16.2. The van der Waals surface area contributed by atoms with Gasteiger partial charge in [-0.15, -0.1) is 0 Å². The Morgan fingerprint density at radius 1 is 1.28 bits per heavy atom. The highest BCUT2D eigenvalue weighted by molar-refractivity contribution is 5.86. The standard InChI is InChI=1S/C15H24N2O/c1-11-8-15(9-11,10-16)13(18)17-12-4-6-14(2,3)7-5-12/h11-12H,4-9H2,1-3H3,(H,17,18). The molecule has 0 unspecified atom stereocenters. The highest BCUT2D eigenvalue weighted by Gasteiger charge is 2.49. The molecule has 0 spiro atoms. The molecule has 3 nitrogen and oxygen atoms in total. The lowest BCUT2D eigenvalue weighted by molar-refractivity contribution is -0.135. The molecule has 2 aliphatic carbocycles.